The van der Waals surface area contributed by atoms with Crippen LogP contribution in [0.1, 0.15) is 17.2 Å². The fraction of sp³-hybridized carbons (Fsp3) is 0.143. The highest BCUT2D eigenvalue weighted by molar-refractivity contribution is 6.31. The van der Waals surface area contributed by atoms with Gasteiger partial charge < -0.3 is 5.73 Å². The lowest BCUT2D eigenvalue weighted by Crippen LogP contribution is -2.17. The second kappa shape index (κ2) is 5.63. The number of halogens is 4. The number of hydrogen-bond acceptors (Lipinski definition) is 1. The van der Waals surface area contributed by atoms with E-state index in [9.17, 15) is 13.2 Å². The molecule has 5 heteroatoms. The maximum absolute atomic E-state index is 13.6. The highest BCUT2D eigenvalue weighted by atomic mass is 35.5. The number of nitrogens with two attached hydrogens (primary N) is 1. The molecule has 0 radical (unpaired) electrons. The number of benzene rings is 2. The standard InChI is InChI=1S/C14H11ClF3N/c15-14-8(3-1-6-11(14)18)7-12(19)13-9(16)4-2-5-10(13)17/h1-6,12H,7,19H2. The highest BCUT2D eigenvalue weighted by Crippen LogP contribution is 2.26. The molecule has 19 heavy (non-hydrogen) atoms. The molecule has 0 amide bonds. The molecular formula is C14H11ClF3N. The zero-order valence-corrected chi connectivity index (χ0v) is 10.6. The Kier molecular flexibility index (Phi) is 4.12. The van der Waals surface area contributed by atoms with Crippen LogP contribution in [0.4, 0.5) is 13.2 Å². The van der Waals surface area contributed by atoms with Crippen LogP contribution in [-0.4, -0.2) is 0 Å². The van der Waals surface area contributed by atoms with Crippen molar-refractivity contribution in [2.24, 2.45) is 5.73 Å². The Labute approximate surface area is 113 Å². The van der Waals surface area contributed by atoms with Crippen molar-refractivity contribution in [3.05, 3.63) is 70.0 Å². The maximum atomic E-state index is 13.6. The molecule has 2 N–H and O–H groups in total. The lowest BCUT2D eigenvalue weighted by molar-refractivity contribution is 0.524. The van der Waals surface area contributed by atoms with E-state index >= 15 is 0 Å². The average Bonchev–Trinajstić information content (AvgIpc) is 2.35. The summed E-state index contributed by atoms with van der Waals surface area (Å²) in [7, 11) is 0. The molecule has 0 heterocycles. The second-order valence-electron chi connectivity index (χ2n) is 4.16. The van der Waals surface area contributed by atoms with Gasteiger partial charge in [-0.05, 0) is 30.2 Å². The van der Waals surface area contributed by atoms with Crippen LogP contribution in [0.25, 0.3) is 0 Å². The predicted octanol–water partition coefficient (Wildman–Crippen LogP) is 4.00. The molecule has 1 unspecified atom stereocenters. The molecule has 0 aliphatic carbocycles. The molecule has 1 atom stereocenters. The molecule has 2 rings (SSSR count). The van der Waals surface area contributed by atoms with Gasteiger partial charge in [-0.25, -0.2) is 13.2 Å². The second-order valence-corrected chi connectivity index (χ2v) is 4.54. The van der Waals surface area contributed by atoms with E-state index in [1.165, 1.54) is 18.2 Å². The van der Waals surface area contributed by atoms with Gasteiger partial charge in [-0.2, -0.15) is 0 Å². The third-order valence-corrected chi connectivity index (χ3v) is 3.27. The summed E-state index contributed by atoms with van der Waals surface area (Å²) in [4.78, 5) is 0. The van der Waals surface area contributed by atoms with Crippen LogP contribution < -0.4 is 5.73 Å². The Morgan fingerprint density at radius 1 is 0.947 bits per heavy atom. The van der Waals surface area contributed by atoms with Crippen molar-refractivity contribution in [2.75, 3.05) is 0 Å². The van der Waals surface area contributed by atoms with Crippen LogP contribution >= 0.6 is 11.6 Å². The van der Waals surface area contributed by atoms with Gasteiger partial charge in [0.15, 0.2) is 0 Å². The van der Waals surface area contributed by atoms with Crippen molar-refractivity contribution in [1.29, 1.82) is 0 Å². The molecule has 0 aliphatic rings. The molecular weight excluding hydrogens is 275 g/mol. The SMILES string of the molecule is NC(Cc1cccc(F)c1Cl)c1c(F)cccc1F. The Hall–Kier alpha value is -1.52. The molecule has 0 aromatic heterocycles. The Bertz CT molecular complexity index is 581. The van der Waals surface area contributed by atoms with Crippen LogP contribution in [0.5, 0.6) is 0 Å². The van der Waals surface area contributed by atoms with Crippen LogP contribution in [0, 0.1) is 17.5 Å². The third kappa shape index (κ3) is 2.91. The molecule has 0 spiro atoms. The lowest BCUT2D eigenvalue weighted by Gasteiger charge is -2.15. The topological polar surface area (TPSA) is 26.0 Å². The first-order chi connectivity index (χ1) is 9.00. The summed E-state index contributed by atoms with van der Waals surface area (Å²) in [5.41, 5.74) is 5.98. The Morgan fingerprint density at radius 3 is 2.11 bits per heavy atom. The van der Waals surface area contributed by atoms with Gasteiger partial charge in [0.25, 0.3) is 0 Å². The van der Waals surface area contributed by atoms with E-state index < -0.39 is 23.5 Å². The molecule has 0 saturated carbocycles. The summed E-state index contributed by atoms with van der Waals surface area (Å²) in [6, 6.07) is 6.85. The van der Waals surface area contributed by atoms with E-state index in [1.54, 1.807) is 6.07 Å². The number of hydrogen-bond donors (Lipinski definition) is 1. The summed E-state index contributed by atoms with van der Waals surface area (Å²) >= 11 is 5.79. The summed E-state index contributed by atoms with van der Waals surface area (Å²) in [6.07, 6.45) is 0.0500. The largest absolute Gasteiger partial charge is 0.323 e. The lowest BCUT2D eigenvalue weighted by atomic mass is 9.98. The molecule has 1 nitrogen and oxygen atoms in total. The van der Waals surface area contributed by atoms with Crippen molar-refractivity contribution < 1.29 is 13.2 Å². The zero-order valence-electron chi connectivity index (χ0n) is 9.84. The van der Waals surface area contributed by atoms with E-state index in [-0.39, 0.29) is 17.0 Å². The normalized spacial score (nSPS) is 12.5. The van der Waals surface area contributed by atoms with E-state index in [0.29, 0.717) is 5.56 Å². The van der Waals surface area contributed by atoms with Gasteiger partial charge in [0.1, 0.15) is 17.5 Å². The van der Waals surface area contributed by atoms with E-state index in [1.807, 2.05) is 0 Å². The molecule has 0 bridgehead atoms. The first-order valence-corrected chi connectivity index (χ1v) is 6.01. The maximum Gasteiger partial charge on any atom is 0.142 e. The Morgan fingerprint density at radius 2 is 1.47 bits per heavy atom. The fourth-order valence-electron chi connectivity index (χ4n) is 1.91. The minimum Gasteiger partial charge on any atom is -0.323 e. The summed E-state index contributed by atoms with van der Waals surface area (Å²) < 4.78 is 40.4. The van der Waals surface area contributed by atoms with Gasteiger partial charge in [-0.3, -0.25) is 0 Å². The number of rotatable bonds is 3. The van der Waals surface area contributed by atoms with Crippen LogP contribution in [0.3, 0.4) is 0 Å². The van der Waals surface area contributed by atoms with E-state index in [2.05, 4.69) is 0 Å². The molecule has 0 aliphatic heterocycles. The van der Waals surface area contributed by atoms with Crippen molar-refractivity contribution in [1.82, 2.24) is 0 Å². The van der Waals surface area contributed by atoms with Gasteiger partial charge in [-0.15, -0.1) is 0 Å². The zero-order chi connectivity index (χ0) is 14.0. The van der Waals surface area contributed by atoms with Crippen molar-refractivity contribution >= 4 is 11.6 Å². The summed E-state index contributed by atoms with van der Waals surface area (Å²) in [6.45, 7) is 0. The predicted molar refractivity (Wildman–Crippen MR) is 68.4 cm³/mol. The van der Waals surface area contributed by atoms with Crippen molar-refractivity contribution in [3.8, 4) is 0 Å². The highest BCUT2D eigenvalue weighted by Gasteiger charge is 2.18. The molecule has 2 aromatic rings. The average molecular weight is 286 g/mol. The first-order valence-electron chi connectivity index (χ1n) is 5.63. The first kappa shape index (κ1) is 13.9. The molecule has 0 saturated heterocycles. The molecule has 0 fully saturated rings. The minimum absolute atomic E-state index is 0.0500. The van der Waals surface area contributed by atoms with E-state index in [0.717, 1.165) is 12.1 Å². The van der Waals surface area contributed by atoms with Crippen molar-refractivity contribution in [2.45, 2.75) is 12.5 Å². The Balaban J connectivity index is 2.31. The minimum atomic E-state index is -0.930. The summed E-state index contributed by atoms with van der Waals surface area (Å²) in [5, 5.41) is -0.0744. The molecule has 2 aromatic carbocycles. The van der Waals surface area contributed by atoms with Gasteiger partial charge in [0, 0.05) is 11.6 Å². The van der Waals surface area contributed by atoms with E-state index in [4.69, 9.17) is 17.3 Å². The molecule has 100 valence electrons. The van der Waals surface area contributed by atoms with Gasteiger partial charge in [0.05, 0.1) is 5.02 Å². The monoisotopic (exact) mass is 285 g/mol. The fourth-order valence-corrected chi connectivity index (χ4v) is 2.11. The van der Waals surface area contributed by atoms with Crippen LogP contribution in [0.2, 0.25) is 5.02 Å². The smallest absolute Gasteiger partial charge is 0.142 e. The van der Waals surface area contributed by atoms with Crippen molar-refractivity contribution in [3.63, 3.8) is 0 Å². The quantitative estimate of drug-likeness (QED) is 0.906. The van der Waals surface area contributed by atoms with Gasteiger partial charge in [-0.1, -0.05) is 29.8 Å². The van der Waals surface area contributed by atoms with Crippen LogP contribution in [-0.2, 0) is 6.42 Å². The van der Waals surface area contributed by atoms with Crippen LogP contribution in [0.15, 0.2) is 36.4 Å². The van der Waals surface area contributed by atoms with Gasteiger partial charge in [0.2, 0.25) is 0 Å². The van der Waals surface area contributed by atoms with Gasteiger partial charge >= 0.3 is 0 Å². The summed E-state index contributed by atoms with van der Waals surface area (Å²) in [5.74, 6) is -2.03. The third-order valence-electron chi connectivity index (χ3n) is 2.84.